The van der Waals surface area contributed by atoms with Crippen molar-refractivity contribution in [3.05, 3.63) is 45.1 Å². The Morgan fingerprint density at radius 2 is 2.15 bits per heavy atom. The van der Waals surface area contributed by atoms with Gasteiger partial charge in [0, 0.05) is 6.54 Å². The van der Waals surface area contributed by atoms with Gasteiger partial charge in [0.25, 0.3) is 0 Å². The van der Waals surface area contributed by atoms with E-state index in [-0.39, 0.29) is 24.3 Å². The topological polar surface area (TPSA) is 75.7 Å². The highest BCUT2D eigenvalue weighted by molar-refractivity contribution is 7.18. The van der Waals surface area contributed by atoms with Crippen LogP contribution in [0.25, 0.3) is 0 Å². The average molecular weight is 391 g/mol. The Bertz CT molecular complexity index is 910. The Labute approximate surface area is 158 Å². The summed E-state index contributed by atoms with van der Waals surface area (Å²) < 4.78 is 5.61. The number of amides is 1. The van der Waals surface area contributed by atoms with Gasteiger partial charge in [-0.1, -0.05) is 11.6 Å². The molecular weight excluding hydrogens is 376 g/mol. The molecule has 1 N–H and O–H groups in total. The molecule has 1 aromatic heterocycles. The molecule has 0 spiro atoms. The van der Waals surface area contributed by atoms with Gasteiger partial charge < -0.3 is 15.0 Å². The minimum atomic E-state index is -0.610. The van der Waals surface area contributed by atoms with E-state index in [2.05, 4.69) is 10.2 Å². The standard InChI is InChI=1S/C18H15ClN2O4S/c19-16-6-5-15(26-16)14(22)9-25-18(24)10-3-4-12-11(8-10)20-17(23)13-2-1-7-21(12)13/h3-6,8,13H,1-2,7,9H2,(H,20,23)/t13-/m1/s1. The van der Waals surface area contributed by atoms with E-state index in [0.29, 0.717) is 20.5 Å². The molecule has 8 heteroatoms. The highest BCUT2D eigenvalue weighted by Crippen LogP contribution is 2.37. The highest BCUT2D eigenvalue weighted by Gasteiger charge is 2.36. The molecule has 0 saturated carbocycles. The maximum atomic E-state index is 12.3. The van der Waals surface area contributed by atoms with Crippen molar-refractivity contribution >= 4 is 52.0 Å². The van der Waals surface area contributed by atoms with Crippen molar-refractivity contribution < 1.29 is 19.1 Å². The van der Waals surface area contributed by atoms with E-state index in [1.807, 2.05) is 6.07 Å². The molecule has 0 aliphatic carbocycles. The molecule has 1 atom stereocenters. The molecule has 134 valence electrons. The van der Waals surface area contributed by atoms with Crippen LogP contribution in [0.1, 0.15) is 32.9 Å². The van der Waals surface area contributed by atoms with Crippen LogP contribution < -0.4 is 10.2 Å². The number of nitrogens with one attached hydrogen (secondary N) is 1. The monoisotopic (exact) mass is 390 g/mol. The number of carbonyl (C=O) groups excluding carboxylic acids is 3. The molecule has 2 aromatic rings. The third kappa shape index (κ3) is 3.08. The largest absolute Gasteiger partial charge is 0.454 e. The fourth-order valence-corrected chi connectivity index (χ4v) is 4.27. The number of esters is 1. The number of rotatable bonds is 4. The van der Waals surface area contributed by atoms with Crippen LogP contribution in [0.15, 0.2) is 30.3 Å². The van der Waals surface area contributed by atoms with Crippen LogP contribution in [0.2, 0.25) is 4.34 Å². The fourth-order valence-electron chi connectivity index (χ4n) is 3.31. The lowest BCUT2D eigenvalue weighted by molar-refractivity contribution is -0.117. The van der Waals surface area contributed by atoms with Crippen molar-refractivity contribution in [2.24, 2.45) is 0 Å². The zero-order valence-corrected chi connectivity index (χ0v) is 15.2. The van der Waals surface area contributed by atoms with Crippen LogP contribution in [0, 0.1) is 0 Å². The van der Waals surface area contributed by atoms with Crippen molar-refractivity contribution in [2.75, 3.05) is 23.4 Å². The van der Waals surface area contributed by atoms with Crippen LogP contribution >= 0.6 is 22.9 Å². The fraction of sp³-hybridized carbons (Fsp3) is 0.278. The Hall–Kier alpha value is -2.38. The summed E-state index contributed by atoms with van der Waals surface area (Å²) in [6, 6.07) is 8.15. The number of ether oxygens (including phenoxy) is 1. The molecule has 4 rings (SSSR count). The second-order valence-corrected chi connectivity index (χ2v) is 7.89. The Morgan fingerprint density at radius 1 is 1.31 bits per heavy atom. The second-order valence-electron chi connectivity index (χ2n) is 6.18. The predicted molar refractivity (Wildman–Crippen MR) is 99.4 cm³/mol. The molecule has 3 heterocycles. The van der Waals surface area contributed by atoms with E-state index >= 15 is 0 Å². The normalized spacial score (nSPS) is 18.1. The van der Waals surface area contributed by atoms with Crippen LogP contribution in [0.5, 0.6) is 0 Å². The number of thiophene rings is 1. The van der Waals surface area contributed by atoms with Gasteiger partial charge in [0.2, 0.25) is 11.7 Å². The number of halogens is 1. The number of ketones is 1. The minimum absolute atomic E-state index is 0.0507. The maximum absolute atomic E-state index is 12.3. The Kier molecular flexibility index (Phi) is 4.42. The summed E-state index contributed by atoms with van der Waals surface area (Å²) in [6.45, 7) is 0.472. The van der Waals surface area contributed by atoms with Crippen LogP contribution in [-0.2, 0) is 9.53 Å². The number of nitrogens with zero attached hydrogens (tertiary/aromatic N) is 1. The molecule has 2 aliphatic rings. The smallest absolute Gasteiger partial charge is 0.338 e. The molecular formula is C18H15ClN2O4S. The van der Waals surface area contributed by atoms with Crippen molar-refractivity contribution in [3.8, 4) is 0 Å². The number of hydrogen-bond acceptors (Lipinski definition) is 6. The Balaban J connectivity index is 1.46. The first-order chi connectivity index (χ1) is 12.5. The molecule has 1 amide bonds. The third-order valence-electron chi connectivity index (χ3n) is 4.54. The first-order valence-corrected chi connectivity index (χ1v) is 9.39. The molecule has 6 nitrogen and oxygen atoms in total. The van der Waals surface area contributed by atoms with Crippen molar-refractivity contribution in [1.29, 1.82) is 0 Å². The zero-order chi connectivity index (χ0) is 18.3. The first-order valence-electron chi connectivity index (χ1n) is 8.20. The number of Topliss-reactive ketones (excluding diaryl/α,β-unsaturated/α-hetero) is 1. The summed E-state index contributed by atoms with van der Waals surface area (Å²) in [5.41, 5.74) is 1.80. The summed E-state index contributed by atoms with van der Waals surface area (Å²) in [4.78, 5) is 38.9. The van der Waals surface area contributed by atoms with Gasteiger partial charge in [-0.2, -0.15) is 0 Å². The number of fused-ring (bicyclic) bond motifs is 3. The van der Waals surface area contributed by atoms with Gasteiger partial charge >= 0.3 is 5.97 Å². The predicted octanol–water partition coefficient (Wildman–Crippen LogP) is 3.36. The molecule has 0 unspecified atom stereocenters. The zero-order valence-electron chi connectivity index (χ0n) is 13.7. The number of anilines is 2. The highest BCUT2D eigenvalue weighted by atomic mass is 35.5. The molecule has 0 radical (unpaired) electrons. The molecule has 1 aromatic carbocycles. The van der Waals surface area contributed by atoms with E-state index in [1.165, 1.54) is 0 Å². The van der Waals surface area contributed by atoms with Gasteiger partial charge in [0.15, 0.2) is 6.61 Å². The lowest BCUT2D eigenvalue weighted by Gasteiger charge is -2.33. The maximum Gasteiger partial charge on any atom is 0.338 e. The molecule has 26 heavy (non-hydrogen) atoms. The van der Waals surface area contributed by atoms with Crippen LogP contribution in [-0.4, -0.2) is 36.9 Å². The summed E-state index contributed by atoms with van der Waals surface area (Å²) in [5, 5.41) is 2.85. The van der Waals surface area contributed by atoms with Crippen LogP contribution in [0.3, 0.4) is 0 Å². The van der Waals surface area contributed by atoms with Crippen molar-refractivity contribution in [2.45, 2.75) is 18.9 Å². The molecule has 1 saturated heterocycles. The SMILES string of the molecule is O=C(OCC(=O)c1ccc(Cl)s1)c1ccc2c(c1)NC(=O)[C@H]1CCCN21. The lowest BCUT2D eigenvalue weighted by atomic mass is 10.1. The van der Waals surface area contributed by atoms with E-state index in [0.717, 1.165) is 36.4 Å². The van der Waals surface area contributed by atoms with Crippen molar-refractivity contribution in [3.63, 3.8) is 0 Å². The number of benzene rings is 1. The number of carbonyl (C=O) groups is 3. The van der Waals surface area contributed by atoms with Gasteiger partial charge in [-0.3, -0.25) is 9.59 Å². The third-order valence-corrected chi connectivity index (χ3v) is 5.81. The van der Waals surface area contributed by atoms with E-state index < -0.39 is 5.97 Å². The van der Waals surface area contributed by atoms with Gasteiger partial charge in [-0.25, -0.2) is 4.79 Å². The van der Waals surface area contributed by atoms with Gasteiger partial charge in [-0.15, -0.1) is 11.3 Å². The summed E-state index contributed by atoms with van der Waals surface area (Å²) in [7, 11) is 0. The molecule has 0 bridgehead atoms. The average Bonchev–Trinajstić information content (AvgIpc) is 3.28. The second kappa shape index (κ2) is 6.74. The number of hydrogen-bond donors (Lipinski definition) is 1. The summed E-state index contributed by atoms with van der Waals surface area (Å²) in [6.07, 6.45) is 1.81. The van der Waals surface area contributed by atoms with Crippen LogP contribution in [0.4, 0.5) is 11.4 Å². The molecule has 2 aliphatic heterocycles. The minimum Gasteiger partial charge on any atom is -0.454 e. The summed E-state index contributed by atoms with van der Waals surface area (Å²) >= 11 is 6.94. The van der Waals surface area contributed by atoms with Gasteiger partial charge in [0.1, 0.15) is 6.04 Å². The van der Waals surface area contributed by atoms with E-state index in [1.54, 1.807) is 24.3 Å². The van der Waals surface area contributed by atoms with Gasteiger partial charge in [0.05, 0.1) is 26.2 Å². The Morgan fingerprint density at radius 3 is 2.92 bits per heavy atom. The van der Waals surface area contributed by atoms with E-state index in [9.17, 15) is 14.4 Å². The first kappa shape index (κ1) is 17.1. The lowest BCUT2D eigenvalue weighted by Crippen LogP contribution is -2.43. The van der Waals surface area contributed by atoms with E-state index in [4.69, 9.17) is 16.3 Å². The van der Waals surface area contributed by atoms with Crippen molar-refractivity contribution in [1.82, 2.24) is 0 Å². The van der Waals surface area contributed by atoms with Gasteiger partial charge in [-0.05, 0) is 43.2 Å². The molecule has 1 fully saturated rings. The summed E-state index contributed by atoms with van der Waals surface area (Å²) in [5.74, 6) is -0.965. The quantitative estimate of drug-likeness (QED) is 0.640.